The second-order valence-electron chi connectivity index (χ2n) is 8.38. The van der Waals surface area contributed by atoms with Crippen LogP contribution in [0, 0.1) is 12.8 Å². The third-order valence-electron chi connectivity index (χ3n) is 5.76. The number of aromatic nitrogens is 2. The van der Waals surface area contributed by atoms with Gasteiger partial charge in [0.15, 0.2) is 5.13 Å². The molecule has 4 N–H and O–H groups in total. The SMILES string of the molecule is Cc1ccc(C(=O)Nc2ccc(NCCc3csc(N)n3)cc2)c(N2CCC(C)CC2)n1. The van der Waals surface area contributed by atoms with Crippen molar-refractivity contribution in [2.45, 2.75) is 33.1 Å². The lowest BCUT2D eigenvalue weighted by Crippen LogP contribution is -2.35. The summed E-state index contributed by atoms with van der Waals surface area (Å²) in [6.07, 6.45) is 3.06. The number of nitrogens with one attached hydrogen (secondary N) is 2. The van der Waals surface area contributed by atoms with Crippen molar-refractivity contribution in [2.75, 3.05) is 40.9 Å². The normalized spacial score (nSPS) is 14.4. The minimum absolute atomic E-state index is 0.132. The number of nitrogens with two attached hydrogens (primary N) is 1. The average Bonchev–Trinajstić information content (AvgIpc) is 3.20. The predicted molar refractivity (Wildman–Crippen MR) is 133 cm³/mol. The number of thiazole rings is 1. The summed E-state index contributed by atoms with van der Waals surface area (Å²) in [4.78, 5) is 24.3. The van der Waals surface area contributed by atoms with Gasteiger partial charge in [-0.05, 0) is 62.1 Å². The number of aryl methyl sites for hydroxylation is 1. The molecule has 0 unspecified atom stereocenters. The Balaban J connectivity index is 1.37. The van der Waals surface area contributed by atoms with Crippen LogP contribution in [0.25, 0.3) is 0 Å². The van der Waals surface area contributed by atoms with Crippen molar-refractivity contribution in [3.05, 3.63) is 58.7 Å². The van der Waals surface area contributed by atoms with Gasteiger partial charge in [-0.25, -0.2) is 9.97 Å². The summed E-state index contributed by atoms with van der Waals surface area (Å²) >= 11 is 1.46. The third kappa shape index (κ3) is 5.56. The van der Waals surface area contributed by atoms with E-state index in [1.165, 1.54) is 11.3 Å². The van der Waals surface area contributed by atoms with Crippen LogP contribution in [0.1, 0.15) is 41.5 Å². The summed E-state index contributed by atoms with van der Waals surface area (Å²) in [5.74, 6) is 1.38. The Morgan fingerprint density at radius 3 is 2.53 bits per heavy atom. The lowest BCUT2D eigenvalue weighted by molar-refractivity contribution is 0.102. The van der Waals surface area contributed by atoms with Gasteiger partial charge in [0, 0.05) is 48.5 Å². The van der Waals surface area contributed by atoms with Crippen molar-refractivity contribution in [1.82, 2.24) is 9.97 Å². The minimum atomic E-state index is -0.132. The number of nitrogen functional groups attached to an aromatic ring is 1. The smallest absolute Gasteiger partial charge is 0.259 e. The summed E-state index contributed by atoms with van der Waals surface area (Å²) in [7, 11) is 0. The Morgan fingerprint density at radius 1 is 1.12 bits per heavy atom. The van der Waals surface area contributed by atoms with Crippen molar-refractivity contribution < 1.29 is 4.79 Å². The average molecular weight is 451 g/mol. The predicted octanol–water partition coefficient (Wildman–Crippen LogP) is 4.57. The van der Waals surface area contributed by atoms with E-state index in [0.717, 1.165) is 73.4 Å². The Kier molecular flexibility index (Phi) is 6.90. The van der Waals surface area contributed by atoms with Crippen LogP contribution in [0.2, 0.25) is 0 Å². The number of pyridine rings is 1. The maximum absolute atomic E-state index is 13.1. The van der Waals surface area contributed by atoms with Gasteiger partial charge in [0.05, 0.1) is 11.3 Å². The third-order valence-corrected chi connectivity index (χ3v) is 6.49. The van der Waals surface area contributed by atoms with Gasteiger partial charge in [0.1, 0.15) is 5.82 Å². The largest absolute Gasteiger partial charge is 0.385 e. The van der Waals surface area contributed by atoms with Crippen molar-refractivity contribution >= 4 is 39.6 Å². The van der Waals surface area contributed by atoms with E-state index in [1.54, 1.807) is 0 Å². The van der Waals surface area contributed by atoms with Crippen molar-refractivity contribution in [1.29, 1.82) is 0 Å². The first-order chi connectivity index (χ1) is 15.5. The molecule has 1 amide bonds. The van der Waals surface area contributed by atoms with Crippen molar-refractivity contribution in [2.24, 2.45) is 5.92 Å². The van der Waals surface area contributed by atoms with Gasteiger partial charge >= 0.3 is 0 Å². The molecular weight excluding hydrogens is 420 g/mol. The summed E-state index contributed by atoms with van der Waals surface area (Å²) in [5, 5.41) is 8.97. The topological polar surface area (TPSA) is 96.2 Å². The molecule has 0 radical (unpaired) electrons. The highest BCUT2D eigenvalue weighted by Gasteiger charge is 2.22. The van der Waals surface area contributed by atoms with Gasteiger partial charge in [0.25, 0.3) is 5.91 Å². The molecule has 1 aliphatic heterocycles. The number of carbonyl (C=O) groups is 1. The molecule has 3 heterocycles. The molecule has 1 saturated heterocycles. The van der Waals surface area contributed by atoms with Crippen LogP contribution in [0.5, 0.6) is 0 Å². The fourth-order valence-corrected chi connectivity index (χ4v) is 4.42. The molecule has 0 atom stereocenters. The number of anilines is 4. The van der Waals surface area contributed by atoms with Crippen LogP contribution in [0.3, 0.4) is 0 Å². The molecule has 0 bridgehead atoms. The fourth-order valence-electron chi connectivity index (χ4n) is 3.82. The number of amides is 1. The maximum Gasteiger partial charge on any atom is 0.259 e. The molecule has 0 aliphatic carbocycles. The quantitative estimate of drug-likeness (QED) is 0.488. The molecular formula is C24H30N6OS. The molecule has 168 valence electrons. The molecule has 1 aromatic carbocycles. The molecule has 0 spiro atoms. The number of rotatable bonds is 7. The second-order valence-corrected chi connectivity index (χ2v) is 9.27. The summed E-state index contributed by atoms with van der Waals surface area (Å²) in [6, 6.07) is 11.5. The number of nitrogens with zero attached hydrogens (tertiary/aromatic N) is 3. The number of carbonyl (C=O) groups excluding carboxylic acids is 1. The van der Waals surface area contributed by atoms with E-state index in [1.807, 2.05) is 48.7 Å². The number of benzene rings is 1. The van der Waals surface area contributed by atoms with E-state index in [0.29, 0.717) is 10.7 Å². The Hall–Kier alpha value is -3.13. The van der Waals surface area contributed by atoms with E-state index >= 15 is 0 Å². The monoisotopic (exact) mass is 450 g/mol. The number of hydrogen-bond donors (Lipinski definition) is 3. The van der Waals surface area contributed by atoms with Gasteiger partial charge in [0.2, 0.25) is 0 Å². The second kappa shape index (κ2) is 9.99. The van der Waals surface area contributed by atoms with Crippen LogP contribution >= 0.6 is 11.3 Å². The minimum Gasteiger partial charge on any atom is -0.385 e. The maximum atomic E-state index is 13.1. The summed E-state index contributed by atoms with van der Waals surface area (Å²) < 4.78 is 0. The molecule has 1 aliphatic rings. The Morgan fingerprint density at radius 2 is 1.84 bits per heavy atom. The van der Waals surface area contributed by atoms with E-state index in [2.05, 4.69) is 27.4 Å². The standard InChI is InChI=1S/C24H30N6OS/c1-16-10-13-30(14-11-16)22-21(8-3-17(2)27-22)23(31)28-19-6-4-18(5-7-19)26-12-9-20-15-32-24(25)29-20/h3-8,15-16,26H,9-14H2,1-2H3,(H2,25,29)(H,28,31). The summed E-state index contributed by atoms with van der Waals surface area (Å²) in [6.45, 7) is 6.88. The first kappa shape index (κ1) is 22.1. The van der Waals surface area contributed by atoms with Crippen LogP contribution in [0.15, 0.2) is 41.8 Å². The van der Waals surface area contributed by atoms with E-state index in [9.17, 15) is 4.79 Å². The zero-order valence-corrected chi connectivity index (χ0v) is 19.4. The van der Waals surface area contributed by atoms with Crippen molar-refractivity contribution in [3.63, 3.8) is 0 Å². The summed E-state index contributed by atoms with van der Waals surface area (Å²) in [5.41, 5.74) is 9.96. The number of hydrogen-bond acceptors (Lipinski definition) is 7. The molecule has 1 fully saturated rings. The van der Waals surface area contributed by atoms with Crippen molar-refractivity contribution in [3.8, 4) is 0 Å². The number of piperidine rings is 1. The zero-order chi connectivity index (χ0) is 22.5. The molecule has 32 heavy (non-hydrogen) atoms. The zero-order valence-electron chi connectivity index (χ0n) is 18.6. The van der Waals surface area contributed by atoms with Crippen LogP contribution < -0.4 is 21.3 Å². The first-order valence-electron chi connectivity index (χ1n) is 11.1. The molecule has 2 aromatic heterocycles. The Bertz CT molecular complexity index is 1060. The molecule has 7 nitrogen and oxygen atoms in total. The fraction of sp³-hybridized carbons (Fsp3) is 0.375. The van der Waals surface area contributed by atoms with E-state index < -0.39 is 0 Å². The lowest BCUT2D eigenvalue weighted by Gasteiger charge is -2.32. The van der Waals surface area contributed by atoms with Gasteiger partial charge < -0.3 is 21.3 Å². The highest BCUT2D eigenvalue weighted by Crippen LogP contribution is 2.26. The van der Waals surface area contributed by atoms with Gasteiger partial charge in [-0.1, -0.05) is 6.92 Å². The molecule has 4 rings (SSSR count). The molecule has 8 heteroatoms. The van der Waals surface area contributed by atoms with Crippen LogP contribution in [-0.2, 0) is 6.42 Å². The van der Waals surface area contributed by atoms with E-state index in [-0.39, 0.29) is 5.91 Å². The molecule has 0 saturated carbocycles. The highest BCUT2D eigenvalue weighted by atomic mass is 32.1. The van der Waals surface area contributed by atoms with Crippen LogP contribution in [-0.4, -0.2) is 35.5 Å². The van der Waals surface area contributed by atoms with Crippen LogP contribution in [0.4, 0.5) is 22.3 Å². The lowest BCUT2D eigenvalue weighted by atomic mass is 9.99. The highest BCUT2D eigenvalue weighted by molar-refractivity contribution is 7.13. The van der Waals surface area contributed by atoms with Gasteiger partial charge in [-0.2, -0.15) is 0 Å². The van der Waals surface area contributed by atoms with Gasteiger partial charge in [-0.15, -0.1) is 11.3 Å². The Labute approximate surface area is 193 Å². The van der Waals surface area contributed by atoms with E-state index in [4.69, 9.17) is 10.7 Å². The van der Waals surface area contributed by atoms with Gasteiger partial charge in [-0.3, -0.25) is 4.79 Å². The first-order valence-corrected chi connectivity index (χ1v) is 11.9. The molecule has 3 aromatic rings.